The molecule has 40 heavy (non-hydrogen) atoms. The molecule has 222 valence electrons. The number of aliphatic hydroxyl groups is 2. The van der Waals surface area contributed by atoms with Crippen LogP contribution in [0.5, 0.6) is 11.5 Å². The molecule has 0 bridgehead atoms. The van der Waals surface area contributed by atoms with Crippen molar-refractivity contribution in [3.05, 3.63) is 59.2 Å². The summed E-state index contributed by atoms with van der Waals surface area (Å²) in [4.78, 5) is 19.2. The first-order valence-corrected chi connectivity index (χ1v) is 13.6. The van der Waals surface area contributed by atoms with Crippen LogP contribution in [0.4, 0.5) is 4.39 Å². The van der Waals surface area contributed by atoms with Crippen molar-refractivity contribution in [2.45, 2.75) is 50.8 Å². The Bertz CT molecular complexity index is 1130. The first kappa shape index (κ1) is 32.4. The third-order valence-electron chi connectivity index (χ3n) is 7.66. The van der Waals surface area contributed by atoms with E-state index in [4.69, 9.17) is 14.6 Å². The van der Waals surface area contributed by atoms with Crippen molar-refractivity contribution in [2.75, 3.05) is 52.4 Å². The number of likely N-dealkylation sites (tertiary alicyclic amines) is 1. The summed E-state index contributed by atoms with van der Waals surface area (Å²) in [5.41, 5.74) is 3.07. The molecular formula is C29H40Cl2FN3O5. The summed E-state index contributed by atoms with van der Waals surface area (Å²) >= 11 is 0. The SMILES string of the molecule is C[C@@H]1CN(C[C@H](O)CN2CCc3ccccc3C2)C(=O)c2ccc(O[C@@H]3CCN(CCO)C[C@H]3F)cc2O1.Cl.Cl. The lowest BCUT2D eigenvalue weighted by Gasteiger charge is -2.34. The molecule has 8 nitrogen and oxygen atoms in total. The zero-order valence-electron chi connectivity index (χ0n) is 22.8. The van der Waals surface area contributed by atoms with Crippen molar-refractivity contribution in [1.29, 1.82) is 0 Å². The molecule has 0 radical (unpaired) electrons. The summed E-state index contributed by atoms with van der Waals surface area (Å²) in [5, 5.41) is 20.0. The average Bonchev–Trinajstić information content (AvgIpc) is 3.00. The van der Waals surface area contributed by atoms with Crippen molar-refractivity contribution in [3.8, 4) is 11.5 Å². The molecule has 3 aliphatic heterocycles. The molecule has 3 heterocycles. The molecule has 2 aromatic rings. The second-order valence-electron chi connectivity index (χ2n) is 10.7. The number of amides is 1. The fraction of sp³-hybridized carbons (Fsp3) is 0.552. The molecule has 1 fully saturated rings. The van der Waals surface area contributed by atoms with Gasteiger partial charge in [0.2, 0.25) is 0 Å². The van der Waals surface area contributed by atoms with Gasteiger partial charge in [-0.2, -0.15) is 0 Å². The summed E-state index contributed by atoms with van der Waals surface area (Å²) < 4.78 is 26.7. The van der Waals surface area contributed by atoms with E-state index in [2.05, 4.69) is 23.1 Å². The van der Waals surface area contributed by atoms with Gasteiger partial charge in [0.25, 0.3) is 5.91 Å². The van der Waals surface area contributed by atoms with Crippen molar-refractivity contribution in [1.82, 2.24) is 14.7 Å². The van der Waals surface area contributed by atoms with Crippen LogP contribution in [0.2, 0.25) is 0 Å². The Labute approximate surface area is 247 Å². The molecule has 2 aromatic carbocycles. The number of fused-ring (bicyclic) bond motifs is 2. The van der Waals surface area contributed by atoms with Crippen molar-refractivity contribution < 1.29 is 28.9 Å². The third kappa shape index (κ3) is 7.78. The van der Waals surface area contributed by atoms with Gasteiger partial charge < -0.3 is 24.6 Å². The predicted molar refractivity (Wildman–Crippen MR) is 156 cm³/mol. The number of hydrogen-bond donors (Lipinski definition) is 2. The van der Waals surface area contributed by atoms with Gasteiger partial charge in [0.05, 0.1) is 24.8 Å². The summed E-state index contributed by atoms with van der Waals surface area (Å²) in [7, 11) is 0. The molecule has 0 unspecified atom stereocenters. The Morgan fingerprint density at radius 3 is 2.60 bits per heavy atom. The normalized spacial score (nSPS) is 23.9. The Kier molecular flexibility index (Phi) is 11.9. The fourth-order valence-electron chi connectivity index (χ4n) is 5.74. The number of β-amino-alcohol motifs (C(OH)–C–C–N with tert-alkyl or cyclic N) is 2. The van der Waals surface area contributed by atoms with Crippen LogP contribution in [-0.4, -0.2) is 108 Å². The Balaban J connectivity index is 0.00000220. The van der Waals surface area contributed by atoms with E-state index in [1.165, 1.54) is 11.1 Å². The van der Waals surface area contributed by atoms with Crippen LogP contribution >= 0.6 is 24.8 Å². The molecule has 5 rings (SSSR count). The Hall–Kier alpha value is -2.14. The van der Waals surface area contributed by atoms with E-state index in [1.807, 2.05) is 17.9 Å². The summed E-state index contributed by atoms with van der Waals surface area (Å²) in [5.74, 6) is 0.684. The van der Waals surface area contributed by atoms with Crippen LogP contribution in [0.15, 0.2) is 42.5 Å². The van der Waals surface area contributed by atoms with Gasteiger partial charge in [0, 0.05) is 51.9 Å². The van der Waals surface area contributed by atoms with E-state index in [-0.39, 0.29) is 56.5 Å². The summed E-state index contributed by atoms with van der Waals surface area (Å²) in [6, 6.07) is 13.4. The van der Waals surface area contributed by atoms with E-state index >= 15 is 0 Å². The van der Waals surface area contributed by atoms with Gasteiger partial charge in [-0.3, -0.25) is 14.6 Å². The first-order chi connectivity index (χ1) is 18.4. The largest absolute Gasteiger partial charge is 0.488 e. The molecule has 0 spiro atoms. The van der Waals surface area contributed by atoms with Crippen LogP contribution in [0.3, 0.4) is 0 Å². The minimum absolute atomic E-state index is 0. The number of nitrogens with zero attached hydrogens (tertiary/aromatic N) is 3. The lowest BCUT2D eigenvalue weighted by atomic mass is 10.00. The smallest absolute Gasteiger partial charge is 0.257 e. The molecule has 2 N–H and O–H groups in total. The highest BCUT2D eigenvalue weighted by molar-refractivity contribution is 5.97. The van der Waals surface area contributed by atoms with Gasteiger partial charge >= 0.3 is 0 Å². The number of ether oxygens (including phenoxy) is 2. The highest BCUT2D eigenvalue weighted by Gasteiger charge is 2.32. The molecule has 0 aromatic heterocycles. The van der Waals surface area contributed by atoms with Crippen LogP contribution in [0, 0.1) is 0 Å². The van der Waals surface area contributed by atoms with Gasteiger partial charge in [0.1, 0.15) is 29.9 Å². The second-order valence-corrected chi connectivity index (χ2v) is 10.7. The number of alkyl halides is 1. The number of carbonyl (C=O) groups excluding carboxylic acids is 1. The Morgan fingerprint density at radius 2 is 1.85 bits per heavy atom. The number of aliphatic hydroxyl groups excluding tert-OH is 2. The minimum Gasteiger partial charge on any atom is -0.488 e. The van der Waals surface area contributed by atoms with E-state index < -0.39 is 18.4 Å². The van der Waals surface area contributed by atoms with Crippen LogP contribution < -0.4 is 9.47 Å². The maximum Gasteiger partial charge on any atom is 0.257 e. The van der Waals surface area contributed by atoms with Gasteiger partial charge in [0.15, 0.2) is 0 Å². The number of piperidine rings is 1. The van der Waals surface area contributed by atoms with Gasteiger partial charge in [-0.25, -0.2) is 4.39 Å². The highest BCUT2D eigenvalue weighted by atomic mass is 35.5. The molecule has 4 atom stereocenters. The zero-order chi connectivity index (χ0) is 26.6. The number of carbonyl (C=O) groups is 1. The first-order valence-electron chi connectivity index (χ1n) is 13.6. The topological polar surface area (TPSA) is 85.7 Å². The summed E-state index contributed by atoms with van der Waals surface area (Å²) in [6.07, 6.45) is -1.24. The fourth-order valence-corrected chi connectivity index (χ4v) is 5.74. The van der Waals surface area contributed by atoms with Gasteiger partial charge in [-0.1, -0.05) is 24.3 Å². The number of hydrogen-bond acceptors (Lipinski definition) is 7. The van der Waals surface area contributed by atoms with Crippen LogP contribution in [0.1, 0.15) is 34.8 Å². The van der Waals surface area contributed by atoms with Gasteiger partial charge in [-0.15, -0.1) is 24.8 Å². The lowest BCUT2D eigenvalue weighted by molar-refractivity contribution is 0.0166. The molecule has 11 heteroatoms. The van der Waals surface area contributed by atoms with Crippen molar-refractivity contribution in [2.24, 2.45) is 0 Å². The maximum atomic E-state index is 14.7. The maximum absolute atomic E-state index is 14.7. The van der Waals surface area contributed by atoms with E-state index in [1.54, 1.807) is 23.1 Å². The average molecular weight is 601 g/mol. The monoisotopic (exact) mass is 599 g/mol. The van der Waals surface area contributed by atoms with Crippen molar-refractivity contribution >= 4 is 30.7 Å². The predicted octanol–water partition coefficient (Wildman–Crippen LogP) is 2.96. The molecule has 0 saturated carbocycles. The lowest BCUT2D eigenvalue weighted by Crippen LogP contribution is -2.47. The molecule has 1 saturated heterocycles. The molecule has 3 aliphatic rings. The number of benzene rings is 2. The minimum atomic E-state index is -1.17. The zero-order valence-corrected chi connectivity index (χ0v) is 24.4. The quantitative estimate of drug-likeness (QED) is 0.482. The van der Waals surface area contributed by atoms with Crippen molar-refractivity contribution in [3.63, 3.8) is 0 Å². The van der Waals surface area contributed by atoms with E-state index in [9.17, 15) is 14.3 Å². The molecule has 0 aliphatic carbocycles. The van der Waals surface area contributed by atoms with Crippen LogP contribution in [-0.2, 0) is 13.0 Å². The van der Waals surface area contributed by atoms with E-state index in [0.717, 1.165) is 19.5 Å². The number of rotatable bonds is 8. The summed E-state index contributed by atoms with van der Waals surface area (Å²) in [6.45, 7) is 6.00. The number of halogens is 3. The molecule has 1 amide bonds. The third-order valence-corrected chi connectivity index (χ3v) is 7.66. The van der Waals surface area contributed by atoms with Gasteiger partial charge in [-0.05, 0) is 43.0 Å². The van der Waals surface area contributed by atoms with E-state index in [0.29, 0.717) is 49.7 Å². The van der Waals surface area contributed by atoms with Crippen LogP contribution in [0.25, 0.3) is 0 Å². The molecular weight excluding hydrogens is 560 g/mol. The standard InChI is InChI=1S/C29H38FN3O5.2ClH/c1-20-15-33(18-23(35)17-32-10-8-21-4-2-3-5-22(21)16-32)29(36)25-7-6-24(14-28(25)37-20)38-27-9-11-31(12-13-34)19-26(27)30;;/h2-7,14,20,23,26-27,34-35H,8-13,15-19H2,1H3;2*1H/t20-,23-,26-,27-;;/m1../s1. The second kappa shape index (κ2) is 14.7. The Morgan fingerprint density at radius 1 is 1.07 bits per heavy atom. The highest BCUT2D eigenvalue weighted by Crippen LogP contribution is 2.31.